The van der Waals surface area contributed by atoms with E-state index in [9.17, 15) is 4.79 Å². The lowest BCUT2D eigenvalue weighted by Gasteiger charge is -2.35. The van der Waals surface area contributed by atoms with Gasteiger partial charge >= 0.3 is 0 Å². The number of rotatable bonds is 5. The Morgan fingerprint density at radius 1 is 0.967 bits per heavy atom. The van der Waals surface area contributed by atoms with Gasteiger partial charge in [-0.1, -0.05) is 0 Å². The summed E-state index contributed by atoms with van der Waals surface area (Å²) in [7, 11) is 0. The van der Waals surface area contributed by atoms with Gasteiger partial charge in [-0.05, 0) is 37.3 Å². The van der Waals surface area contributed by atoms with Crippen LogP contribution in [0.1, 0.15) is 24.1 Å². The van der Waals surface area contributed by atoms with Crippen LogP contribution in [-0.4, -0.2) is 67.2 Å². The van der Waals surface area contributed by atoms with Gasteiger partial charge in [0.05, 0.1) is 24.6 Å². The number of nitrogens with zero attached hydrogens (tertiary/aromatic N) is 8. The van der Waals surface area contributed by atoms with Crippen molar-refractivity contribution in [2.24, 2.45) is 0 Å². The van der Waals surface area contributed by atoms with E-state index in [1.807, 2.05) is 12.3 Å². The molecule has 0 bridgehead atoms. The number of aromatic nitrogens is 6. The highest BCUT2D eigenvalue weighted by atomic mass is 16.1. The second-order valence-corrected chi connectivity index (χ2v) is 7.90. The Bertz CT molecular complexity index is 1050. The van der Waals surface area contributed by atoms with E-state index in [0.29, 0.717) is 6.54 Å². The number of fused-ring (bicyclic) bond motifs is 1. The molecule has 9 nitrogen and oxygen atoms in total. The van der Waals surface area contributed by atoms with E-state index in [-0.39, 0.29) is 5.56 Å². The zero-order chi connectivity index (χ0) is 20.3. The lowest BCUT2D eigenvalue weighted by atomic mass is 9.97. The molecule has 30 heavy (non-hydrogen) atoms. The molecule has 0 amide bonds. The van der Waals surface area contributed by atoms with Crippen molar-refractivity contribution in [1.29, 1.82) is 0 Å². The summed E-state index contributed by atoms with van der Waals surface area (Å²) in [6.45, 7) is 5.08. The average molecular weight is 406 g/mol. The summed E-state index contributed by atoms with van der Waals surface area (Å²) in [4.78, 5) is 26.0. The van der Waals surface area contributed by atoms with Crippen LogP contribution in [-0.2, 0) is 19.4 Å². The zero-order valence-corrected chi connectivity index (χ0v) is 17.0. The first-order valence-electron chi connectivity index (χ1n) is 10.7. The van der Waals surface area contributed by atoms with Crippen molar-refractivity contribution in [2.75, 3.05) is 37.6 Å². The molecule has 0 radical (unpaired) electrons. The molecule has 0 saturated carbocycles. The summed E-state index contributed by atoms with van der Waals surface area (Å²) in [5, 5.41) is 8.86. The molecule has 0 N–H and O–H groups in total. The van der Waals surface area contributed by atoms with Crippen LogP contribution < -0.4 is 10.5 Å². The molecule has 3 aromatic heterocycles. The van der Waals surface area contributed by atoms with Gasteiger partial charge in [0.15, 0.2) is 5.82 Å². The monoisotopic (exact) mass is 406 g/mol. The highest BCUT2D eigenvalue weighted by Crippen LogP contribution is 2.17. The molecular formula is C21H26N8O. The molecule has 156 valence electrons. The first-order chi connectivity index (χ1) is 14.8. The van der Waals surface area contributed by atoms with Gasteiger partial charge in [-0.15, -0.1) is 0 Å². The Morgan fingerprint density at radius 2 is 1.80 bits per heavy atom. The first-order valence-corrected chi connectivity index (χ1v) is 10.7. The molecule has 0 spiro atoms. The molecule has 0 aromatic carbocycles. The van der Waals surface area contributed by atoms with Crippen LogP contribution in [0.25, 0.3) is 5.82 Å². The second kappa shape index (κ2) is 8.35. The molecule has 4 heterocycles. The summed E-state index contributed by atoms with van der Waals surface area (Å²) in [5.41, 5.74) is 2.29. The number of aryl methyl sites for hydroxylation is 2. The quantitative estimate of drug-likeness (QED) is 0.623. The Labute approximate surface area is 175 Å². The Balaban J connectivity index is 1.18. The maximum absolute atomic E-state index is 12.4. The first kappa shape index (κ1) is 18.9. The van der Waals surface area contributed by atoms with Crippen LogP contribution in [0, 0.1) is 0 Å². The third-order valence-electron chi connectivity index (χ3n) is 5.95. The predicted molar refractivity (Wildman–Crippen MR) is 113 cm³/mol. The third kappa shape index (κ3) is 3.97. The number of hydrogen-bond donors (Lipinski definition) is 0. The van der Waals surface area contributed by atoms with Crippen LogP contribution >= 0.6 is 0 Å². The fraction of sp³-hybridized carbons (Fsp3) is 0.476. The molecule has 2 aliphatic rings. The van der Waals surface area contributed by atoms with Gasteiger partial charge in [-0.2, -0.15) is 10.2 Å². The molecular weight excluding hydrogens is 380 g/mol. The van der Waals surface area contributed by atoms with E-state index < -0.39 is 0 Å². The van der Waals surface area contributed by atoms with E-state index in [0.717, 1.165) is 74.9 Å². The van der Waals surface area contributed by atoms with Crippen molar-refractivity contribution in [3.63, 3.8) is 0 Å². The Hall–Kier alpha value is -3.07. The molecule has 0 unspecified atom stereocenters. The van der Waals surface area contributed by atoms with Crippen LogP contribution in [0.5, 0.6) is 0 Å². The minimum Gasteiger partial charge on any atom is -0.353 e. The zero-order valence-electron chi connectivity index (χ0n) is 17.0. The smallest absolute Gasteiger partial charge is 0.267 e. The molecule has 1 aliphatic carbocycles. The Morgan fingerprint density at radius 3 is 2.63 bits per heavy atom. The van der Waals surface area contributed by atoms with Crippen molar-refractivity contribution < 1.29 is 0 Å². The van der Waals surface area contributed by atoms with Gasteiger partial charge in [-0.3, -0.25) is 14.7 Å². The van der Waals surface area contributed by atoms with Gasteiger partial charge in [0.1, 0.15) is 5.82 Å². The minimum absolute atomic E-state index is 0.0278. The van der Waals surface area contributed by atoms with E-state index in [1.54, 1.807) is 34.0 Å². The SMILES string of the molecule is O=c1cc2c(nn1CCN1CCN(c3cncc(-n4cccn4)n3)CC1)CCCC2. The number of hydrogen-bond acceptors (Lipinski definition) is 7. The van der Waals surface area contributed by atoms with Crippen molar-refractivity contribution in [3.8, 4) is 5.82 Å². The number of piperazine rings is 1. The van der Waals surface area contributed by atoms with E-state index in [1.165, 1.54) is 6.42 Å². The minimum atomic E-state index is 0.0278. The molecule has 9 heteroatoms. The van der Waals surface area contributed by atoms with Crippen LogP contribution in [0.3, 0.4) is 0 Å². The number of anilines is 1. The van der Waals surface area contributed by atoms with Gasteiger partial charge < -0.3 is 4.90 Å². The largest absolute Gasteiger partial charge is 0.353 e. The summed E-state index contributed by atoms with van der Waals surface area (Å²) in [6, 6.07) is 3.67. The van der Waals surface area contributed by atoms with Gasteiger partial charge in [-0.25, -0.2) is 14.3 Å². The van der Waals surface area contributed by atoms with Gasteiger partial charge in [0.25, 0.3) is 5.56 Å². The van der Waals surface area contributed by atoms with E-state index in [4.69, 9.17) is 4.98 Å². The van der Waals surface area contributed by atoms with E-state index >= 15 is 0 Å². The lowest BCUT2D eigenvalue weighted by molar-refractivity contribution is 0.241. The van der Waals surface area contributed by atoms with E-state index in [2.05, 4.69) is 25.0 Å². The summed E-state index contributed by atoms with van der Waals surface area (Å²) in [6.07, 6.45) is 11.4. The van der Waals surface area contributed by atoms with Crippen molar-refractivity contribution in [3.05, 3.63) is 58.5 Å². The highest BCUT2D eigenvalue weighted by Gasteiger charge is 2.19. The van der Waals surface area contributed by atoms with Crippen LogP contribution in [0.4, 0.5) is 5.82 Å². The molecule has 1 saturated heterocycles. The average Bonchev–Trinajstić information content (AvgIpc) is 3.33. The summed E-state index contributed by atoms with van der Waals surface area (Å²) < 4.78 is 3.37. The third-order valence-corrected chi connectivity index (χ3v) is 5.95. The van der Waals surface area contributed by atoms with Gasteiger partial charge in [0, 0.05) is 51.2 Å². The van der Waals surface area contributed by atoms with Crippen molar-refractivity contribution in [2.45, 2.75) is 32.2 Å². The normalized spacial score (nSPS) is 17.1. The summed E-state index contributed by atoms with van der Waals surface area (Å²) in [5.74, 6) is 1.59. The lowest BCUT2D eigenvalue weighted by Crippen LogP contribution is -2.48. The maximum Gasteiger partial charge on any atom is 0.267 e. The predicted octanol–water partition coefficient (Wildman–Crippen LogP) is 0.920. The van der Waals surface area contributed by atoms with Crippen LogP contribution in [0.15, 0.2) is 41.7 Å². The van der Waals surface area contributed by atoms with Gasteiger partial charge in [0.2, 0.25) is 0 Å². The molecule has 1 fully saturated rings. The standard InChI is InChI=1S/C21H26N8O/c30-21-14-17-4-1-2-5-18(17)25-29(21)13-10-26-8-11-27(12-9-26)19-15-22-16-20(24-19)28-7-3-6-23-28/h3,6-7,14-16H,1-2,4-5,8-13H2. The second-order valence-electron chi connectivity index (χ2n) is 7.90. The summed E-state index contributed by atoms with van der Waals surface area (Å²) >= 11 is 0. The fourth-order valence-corrected chi connectivity index (χ4v) is 4.21. The molecule has 3 aromatic rings. The van der Waals surface area contributed by atoms with Crippen molar-refractivity contribution >= 4 is 5.82 Å². The molecule has 1 aliphatic heterocycles. The maximum atomic E-state index is 12.4. The van der Waals surface area contributed by atoms with Crippen molar-refractivity contribution in [1.82, 2.24) is 34.4 Å². The molecule has 5 rings (SSSR count). The topological polar surface area (TPSA) is 85.0 Å². The van der Waals surface area contributed by atoms with Crippen LogP contribution in [0.2, 0.25) is 0 Å². The fourth-order valence-electron chi connectivity index (χ4n) is 4.21. The molecule has 0 atom stereocenters. The highest BCUT2D eigenvalue weighted by molar-refractivity contribution is 5.39. The Kier molecular flexibility index (Phi) is 5.27.